The van der Waals surface area contributed by atoms with Gasteiger partial charge in [-0.15, -0.1) is 0 Å². The Hall–Kier alpha value is -2.53. The molecule has 5 nitrogen and oxygen atoms in total. The average molecular weight is 348 g/mol. The quantitative estimate of drug-likeness (QED) is 0.834. The number of rotatable bonds is 5. The number of benzene rings is 2. The van der Waals surface area contributed by atoms with Crippen LogP contribution in [0.5, 0.6) is 5.75 Å². The standard InChI is InChI=1S/C18H18ClNO4/c1-11-8-9-13(18(22)23-3)10-15(11)20-17(21)12(2)24-16-7-5-4-6-14(16)19/h4-10,12H,1-3H3,(H,20,21)/t12-/m0/s1. The molecule has 0 aliphatic heterocycles. The molecule has 2 aromatic rings. The van der Waals surface area contributed by atoms with Gasteiger partial charge in [0.2, 0.25) is 0 Å². The number of para-hydroxylation sites is 1. The molecule has 0 aliphatic carbocycles. The SMILES string of the molecule is COC(=O)c1ccc(C)c(NC(=O)[C@H](C)Oc2ccccc2Cl)c1. The molecule has 1 N–H and O–H groups in total. The molecular formula is C18H18ClNO4. The molecule has 24 heavy (non-hydrogen) atoms. The molecule has 2 aromatic carbocycles. The molecule has 0 unspecified atom stereocenters. The molecule has 0 saturated carbocycles. The minimum Gasteiger partial charge on any atom is -0.479 e. The topological polar surface area (TPSA) is 64.6 Å². The molecule has 126 valence electrons. The van der Waals surface area contributed by atoms with Crippen LogP contribution >= 0.6 is 11.6 Å². The number of hydrogen-bond acceptors (Lipinski definition) is 4. The highest BCUT2D eigenvalue weighted by atomic mass is 35.5. The lowest BCUT2D eigenvalue weighted by Gasteiger charge is -2.17. The van der Waals surface area contributed by atoms with Crippen LogP contribution in [0, 0.1) is 6.92 Å². The number of anilines is 1. The summed E-state index contributed by atoms with van der Waals surface area (Å²) in [6, 6.07) is 11.9. The third-order valence-corrected chi connectivity index (χ3v) is 3.74. The van der Waals surface area contributed by atoms with Gasteiger partial charge in [0.1, 0.15) is 5.75 Å². The molecule has 2 rings (SSSR count). The Bertz CT molecular complexity index is 760. The van der Waals surface area contributed by atoms with Gasteiger partial charge in [0, 0.05) is 5.69 Å². The molecule has 0 radical (unpaired) electrons. The first-order valence-corrected chi connectivity index (χ1v) is 7.71. The van der Waals surface area contributed by atoms with E-state index < -0.39 is 12.1 Å². The summed E-state index contributed by atoms with van der Waals surface area (Å²) in [5, 5.41) is 3.19. The van der Waals surface area contributed by atoms with Crippen LogP contribution in [0.2, 0.25) is 5.02 Å². The maximum atomic E-state index is 12.3. The van der Waals surface area contributed by atoms with Gasteiger partial charge < -0.3 is 14.8 Å². The summed E-state index contributed by atoms with van der Waals surface area (Å²) >= 11 is 6.02. The van der Waals surface area contributed by atoms with E-state index in [1.165, 1.54) is 7.11 Å². The van der Waals surface area contributed by atoms with Gasteiger partial charge in [0.15, 0.2) is 6.10 Å². The van der Waals surface area contributed by atoms with Crippen molar-refractivity contribution < 1.29 is 19.1 Å². The third kappa shape index (κ3) is 4.26. The second-order valence-electron chi connectivity index (χ2n) is 5.20. The van der Waals surface area contributed by atoms with Crippen LogP contribution in [-0.4, -0.2) is 25.1 Å². The fraction of sp³-hybridized carbons (Fsp3) is 0.222. The summed E-state index contributed by atoms with van der Waals surface area (Å²) in [4.78, 5) is 23.9. The van der Waals surface area contributed by atoms with Gasteiger partial charge in [-0.2, -0.15) is 0 Å². The number of carbonyl (C=O) groups is 2. The van der Waals surface area contributed by atoms with Crippen LogP contribution < -0.4 is 10.1 Å². The minimum atomic E-state index is -0.758. The van der Waals surface area contributed by atoms with E-state index in [4.69, 9.17) is 16.3 Å². The highest BCUT2D eigenvalue weighted by Gasteiger charge is 2.18. The largest absolute Gasteiger partial charge is 0.479 e. The Morgan fingerprint density at radius 3 is 2.54 bits per heavy atom. The fourth-order valence-corrected chi connectivity index (χ4v) is 2.20. The minimum absolute atomic E-state index is 0.347. The summed E-state index contributed by atoms with van der Waals surface area (Å²) in [5.74, 6) is -0.382. The van der Waals surface area contributed by atoms with E-state index in [1.807, 2.05) is 6.92 Å². The predicted octanol–water partition coefficient (Wildman–Crippen LogP) is 3.84. The van der Waals surface area contributed by atoms with Crippen LogP contribution in [0.25, 0.3) is 0 Å². The molecule has 6 heteroatoms. The maximum absolute atomic E-state index is 12.3. The van der Waals surface area contributed by atoms with E-state index in [1.54, 1.807) is 49.4 Å². The summed E-state index contributed by atoms with van der Waals surface area (Å²) in [6.45, 7) is 3.45. The maximum Gasteiger partial charge on any atom is 0.337 e. The number of amides is 1. The van der Waals surface area contributed by atoms with Crippen LogP contribution in [-0.2, 0) is 9.53 Å². The summed E-state index contributed by atoms with van der Waals surface area (Å²) in [7, 11) is 1.31. The lowest BCUT2D eigenvalue weighted by atomic mass is 10.1. The number of esters is 1. The number of nitrogens with one attached hydrogen (secondary N) is 1. The van der Waals surface area contributed by atoms with Gasteiger partial charge in [0.05, 0.1) is 17.7 Å². The van der Waals surface area contributed by atoms with Crippen LogP contribution in [0.3, 0.4) is 0 Å². The van der Waals surface area contributed by atoms with Gasteiger partial charge >= 0.3 is 5.97 Å². The number of carbonyl (C=O) groups excluding carboxylic acids is 2. The van der Waals surface area contributed by atoms with Gasteiger partial charge in [-0.3, -0.25) is 4.79 Å². The monoisotopic (exact) mass is 347 g/mol. The zero-order valence-corrected chi connectivity index (χ0v) is 14.4. The van der Waals surface area contributed by atoms with Gasteiger partial charge in [0.25, 0.3) is 5.91 Å². The summed E-state index contributed by atoms with van der Waals surface area (Å²) in [6.07, 6.45) is -0.758. The predicted molar refractivity (Wildman–Crippen MR) is 92.7 cm³/mol. The zero-order valence-electron chi connectivity index (χ0n) is 13.6. The van der Waals surface area contributed by atoms with Gasteiger partial charge in [-0.05, 0) is 43.7 Å². The van der Waals surface area contributed by atoms with Crippen molar-refractivity contribution in [3.63, 3.8) is 0 Å². The Balaban J connectivity index is 2.11. The molecule has 0 heterocycles. The van der Waals surface area contributed by atoms with Crippen LogP contribution in [0.1, 0.15) is 22.8 Å². The lowest BCUT2D eigenvalue weighted by Crippen LogP contribution is -2.30. The van der Waals surface area contributed by atoms with Crippen LogP contribution in [0.4, 0.5) is 5.69 Å². The molecule has 0 fully saturated rings. The van der Waals surface area contributed by atoms with E-state index in [2.05, 4.69) is 10.1 Å². The molecule has 0 aliphatic rings. The first-order valence-electron chi connectivity index (χ1n) is 7.33. The Morgan fingerprint density at radius 2 is 1.88 bits per heavy atom. The van der Waals surface area contributed by atoms with Crippen molar-refractivity contribution in [2.24, 2.45) is 0 Å². The highest BCUT2D eigenvalue weighted by Crippen LogP contribution is 2.25. The zero-order chi connectivity index (χ0) is 17.7. The molecule has 1 amide bonds. The summed E-state index contributed by atoms with van der Waals surface area (Å²) in [5.41, 5.74) is 1.71. The number of halogens is 1. The van der Waals surface area contributed by atoms with E-state index in [9.17, 15) is 9.59 Å². The Kier molecular flexibility index (Phi) is 5.82. The number of ether oxygens (including phenoxy) is 2. The highest BCUT2D eigenvalue weighted by molar-refractivity contribution is 6.32. The molecule has 0 aromatic heterocycles. The second-order valence-corrected chi connectivity index (χ2v) is 5.61. The lowest BCUT2D eigenvalue weighted by molar-refractivity contribution is -0.122. The first kappa shape index (κ1) is 17.8. The van der Waals surface area contributed by atoms with Crippen molar-refractivity contribution in [1.29, 1.82) is 0 Å². The van der Waals surface area contributed by atoms with E-state index in [0.29, 0.717) is 22.0 Å². The molecule has 0 spiro atoms. The van der Waals surface area contributed by atoms with Gasteiger partial charge in [-0.1, -0.05) is 29.8 Å². The van der Waals surface area contributed by atoms with Crippen molar-refractivity contribution in [3.8, 4) is 5.75 Å². The fourth-order valence-electron chi connectivity index (χ4n) is 2.02. The smallest absolute Gasteiger partial charge is 0.337 e. The van der Waals surface area contributed by atoms with Crippen LogP contribution in [0.15, 0.2) is 42.5 Å². The van der Waals surface area contributed by atoms with Crippen molar-refractivity contribution in [1.82, 2.24) is 0 Å². The van der Waals surface area contributed by atoms with Crippen molar-refractivity contribution in [3.05, 3.63) is 58.6 Å². The van der Waals surface area contributed by atoms with Crippen molar-refractivity contribution in [2.75, 3.05) is 12.4 Å². The Labute approximate surface area is 145 Å². The summed E-state index contributed by atoms with van der Waals surface area (Å²) < 4.78 is 10.3. The number of aryl methyl sites for hydroxylation is 1. The van der Waals surface area contributed by atoms with Crippen molar-refractivity contribution >= 4 is 29.2 Å². The number of hydrogen-bond donors (Lipinski definition) is 1. The van der Waals surface area contributed by atoms with E-state index >= 15 is 0 Å². The van der Waals surface area contributed by atoms with E-state index in [-0.39, 0.29) is 5.91 Å². The third-order valence-electron chi connectivity index (χ3n) is 3.43. The second kappa shape index (κ2) is 7.84. The van der Waals surface area contributed by atoms with E-state index in [0.717, 1.165) is 5.56 Å². The normalized spacial score (nSPS) is 11.5. The average Bonchev–Trinajstić information content (AvgIpc) is 2.58. The molecule has 1 atom stereocenters. The first-order chi connectivity index (χ1) is 11.4. The number of methoxy groups -OCH3 is 1. The van der Waals surface area contributed by atoms with Gasteiger partial charge in [-0.25, -0.2) is 4.79 Å². The van der Waals surface area contributed by atoms with Crippen molar-refractivity contribution in [2.45, 2.75) is 20.0 Å². The molecule has 0 bridgehead atoms. The Morgan fingerprint density at radius 1 is 1.17 bits per heavy atom. The molecule has 0 saturated heterocycles. The molecular weight excluding hydrogens is 330 g/mol.